The molecule has 0 heterocycles. The Morgan fingerprint density at radius 3 is 2.11 bits per heavy atom. The van der Waals surface area contributed by atoms with Gasteiger partial charge in [-0.2, -0.15) is 0 Å². The second-order valence-electron chi connectivity index (χ2n) is 10.2. The number of rotatable bonds is 10. The summed E-state index contributed by atoms with van der Waals surface area (Å²) in [7, 11) is 0. The topological polar surface area (TPSA) is 105 Å². The van der Waals surface area contributed by atoms with Gasteiger partial charge in [0.2, 0.25) is 5.91 Å². The molecule has 1 atom stereocenters. The largest absolute Gasteiger partial charge is 0.481 e. The fourth-order valence-corrected chi connectivity index (χ4v) is 5.24. The average molecular weight is 479 g/mol. The Balaban J connectivity index is 1.28. The van der Waals surface area contributed by atoms with Crippen LogP contribution in [-0.2, 0) is 14.3 Å². The van der Waals surface area contributed by atoms with Gasteiger partial charge >= 0.3 is 12.1 Å². The number of carbonyl (C=O) groups excluding carboxylic acids is 2. The highest BCUT2D eigenvalue weighted by Gasteiger charge is 2.39. The molecule has 7 heteroatoms. The Hall–Kier alpha value is -3.35. The van der Waals surface area contributed by atoms with Crippen molar-refractivity contribution >= 4 is 18.0 Å². The lowest BCUT2D eigenvalue weighted by atomic mass is 9.66. The van der Waals surface area contributed by atoms with E-state index in [1.165, 1.54) is 11.1 Å². The Bertz CT molecular complexity index is 1050. The number of carbonyl (C=O) groups is 3. The van der Waals surface area contributed by atoms with E-state index in [-0.39, 0.29) is 42.7 Å². The predicted molar refractivity (Wildman–Crippen MR) is 133 cm³/mol. The van der Waals surface area contributed by atoms with Gasteiger partial charge in [-0.15, -0.1) is 0 Å². The summed E-state index contributed by atoms with van der Waals surface area (Å²) >= 11 is 0. The first-order chi connectivity index (χ1) is 16.8. The normalized spacial score (nSPS) is 16.5. The van der Waals surface area contributed by atoms with Crippen molar-refractivity contribution in [2.24, 2.45) is 17.3 Å². The Kier molecular flexibility index (Phi) is 7.43. The van der Waals surface area contributed by atoms with Crippen molar-refractivity contribution in [3.05, 3.63) is 59.7 Å². The molecule has 1 saturated carbocycles. The van der Waals surface area contributed by atoms with Gasteiger partial charge in [-0.1, -0.05) is 68.8 Å². The van der Waals surface area contributed by atoms with E-state index in [2.05, 4.69) is 34.9 Å². The number of carboxylic acids is 1. The number of alkyl carbamates (subject to hydrolysis) is 1. The third-order valence-corrected chi connectivity index (χ3v) is 7.54. The minimum absolute atomic E-state index is 0.000251. The van der Waals surface area contributed by atoms with Crippen LogP contribution in [0.3, 0.4) is 0 Å². The fourth-order valence-electron chi connectivity index (χ4n) is 5.24. The lowest BCUT2D eigenvalue weighted by molar-refractivity contribution is -0.143. The molecule has 0 aliphatic heterocycles. The van der Waals surface area contributed by atoms with Gasteiger partial charge in [0.1, 0.15) is 6.61 Å². The Morgan fingerprint density at radius 2 is 1.60 bits per heavy atom. The number of hydrogen-bond donors (Lipinski definition) is 3. The first-order valence-corrected chi connectivity index (χ1v) is 12.4. The number of aliphatic carboxylic acids is 1. The summed E-state index contributed by atoms with van der Waals surface area (Å²) in [6.07, 6.45) is 2.47. The second-order valence-corrected chi connectivity index (χ2v) is 10.2. The van der Waals surface area contributed by atoms with Gasteiger partial charge < -0.3 is 20.5 Å². The van der Waals surface area contributed by atoms with Crippen LogP contribution in [-0.4, -0.2) is 42.8 Å². The van der Waals surface area contributed by atoms with Gasteiger partial charge in [0, 0.05) is 25.4 Å². The molecular formula is C28H34N2O5. The van der Waals surface area contributed by atoms with E-state index in [9.17, 15) is 19.5 Å². The molecule has 1 unspecified atom stereocenters. The van der Waals surface area contributed by atoms with E-state index in [4.69, 9.17) is 4.74 Å². The number of carboxylic acid groups (broad SMARTS) is 1. The number of hydrogen-bond acceptors (Lipinski definition) is 4. The zero-order chi connectivity index (χ0) is 25.0. The SMILES string of the molecule is CC(C)C(CNC(=O)CC1(CNC(=O)OCC2c3ccccc3-c3ccccc32)CCC1)C(=O)O. The first kappa shape index (κ1) is 24.8. The number of ether oxygens (including phenoxy) is 1. The van der Waals surface area contributed by atoms with Crippen LogP contribution in [0.15, 0.2) is 48.5 Å². The zero-order valence-corrected chi connectivity index (χ0v) is 20.4. The van der Waals surface area contributed by atoms with Crippen LogP contribution in [0, 0.1) is 17.3 Å². The van der Waals surface area contributed by atoms with Crippen LogP contribution in [0.25, 0.3) is 11.1 Å². The van der Waals surface area contributed by atoms with E-state index in [1.54, 1.807) is 0 Å². The minimum Gasteiger partial charge on any atom is -0.481 e. The smallest absolute Gasteiger partial charge is 0.407 e. The molecule has 2 aliphatic rings. The van der Waals surface area contributed by atoms with E-state index >= 15 is 0 Å². The number of amides is 2. The highest BCUT2D eigenvalue weighted by Crippen LogP contribution is 2.45. The monoisotopic (exact) mass is 478 g/mol. The van der Waals surface area contributed by atoms with E-state index in [0.717, 1.165) is 30.4 Å². The van der Waals surface area contributed by atoms with Crippen LogP contribution < -0.4 is 10.6 Å². The zero-order valence-electron chi connectivity index (χ0n) is 20.4. The predicted octanol–water partition coefficient (Wildman–Crippen LogP) is 4.56. The van der Waals surface area contributed by atoms with Crippen LogP contribution in [0.5, 0.6) is 0 Å². The average Bonchev–Trinajstić information content (AvgIpc) is 3.12. The molecule has 3 N–H and O–H groups in total. The molecule has 0 radical (unpaired) electrons. The molecule has 1 fully saturated rings. The summed E-state index contributed by atoms with van der Waals surface area (Å²) in [5, 5.41) is 15.0. The highest BCUT2D eigenvalue weighted by molar-refractivity contribution is 5.79. The van der Waals surface area contributed by atoms with Crippen molar-refractivity contribution in [1.82, 2.24) is 10.6 Å². The van der Waals surface area contributed by atoms with Gasteiger partial charge in [0.15, 0.2) is 0 Å². The van der Waals surface area contributed by atoms with Crippen molar-refractivity contribution in [1.29, 1.82) is 0 Å². The maximum absolute atomic E-state index is 12.6. The fraction of sp³-hybridized carbons (Fsp3) is 0.464. The Labute approximate surface area is 206 Å². The summed E-state index contributed by atoms with van der Waals surface area (Å²) in [5.74, 6) is -1.77. The molecule has 7 nitrogen and oxygen atoms in total. The lowest BCUT2D eigenvalue weighted by Gasteiger charge is -2.41. The molecule has 186 valence electrons. The molecule has 0 saturated heterocycles. The van der Waals surface area contributed by atoms with Crippen LogP contribution in [0.1, 0.15) is 56.6 Å². The minimum atomic E-state index is -0.907. The third kappa shape index (κ3) is 5.50. The number of benzene rings is 2. The van der Waals surface area contributed by atoms with E-state index < -0.39 is 18.0 Å². The molecule has 0 bridgehead atoms. The molecule has 2 aromatic carbocycles. The molecule has 0 aromatic heterocycles. The molecular weight excluding hydrogens is 444 g/mol. The molecule has 2 amide bonds. The summed E-state index contributed by atoms with van der Waals surface area (Å²) in [6.45, 7) is 4.39. The maximum atomic E-state index is 12.6. The van der Waals surface area contributed by atoms with Gasteiger partial charge in [-0.25, -0.2) is 4.79 Å². The van der Waals surface area contributed by atoms with Crippen molar-refractivity contribution in [3.63, 3.8) is 0 Å². The van der Waals surface area contributed by atoms with Gasteiger partial charge in [0.25, 0.3) is 0 Å². The molecule has 35 heavy (non-hydrogen) atoms. The second kappa shape index (κ2) is 10.5. The third-order valence-electron chi connectivity index (χ3n) is 7.54. The maximum Gasteiger partial charge on any atom is 0.407 e. The molecule has 2 aromatic rings. The van der Waals surface area contributed by atoms with Crippen LogP contribution in [0.4, 0.5) is 4.79 Å². The van der Waals surface area contributed by atoms with Crippen molar-refractivity contribution in [2.45, 2.75) is 45.4 Å². The standard InChI is InChI=1S/C28H34N2O5/c1-18(2)23(26(32)33)15-29-25(31)14-28(12-7-13-28)17-30-27(34)35-16-24-21-10-5-3-8-19(21)20-9-4-6-11-22(20)24/h3-6,8-11,18,23-24H,7,12-17H2,1-2H3,(H,29,31)(H,30,34)(H,32,33). The lowest BCUT2D eigenvalue weighted by Crippen LogP contribution is -2.46. The van der Waals surface area contributed by atoms with Crippen LogP contribution in [0.2, 0.25) is 0 Å². The van der Waals surface area contributed by atoms with E-state index in [1.807, 2.05) is 38.1 Å². The molecule has 0 spiro atoms. The van der Waals surface area contributed by atoms with Gasteiger partial charge in [-0.3, -0.25) is 9.59 Å². The van der Waals surface area contributed by atoms with Crippen molar-refractivity contribution in [2.75, 3.05) is 19.7 Å². The number of nitrogens with one attached hydrogen (secondary N) is 2. The number of fused-ring (bicyclic) bond motifs is 3. The summed E-state index contributed by atoms with van der Waals surface area (Å²) in [6, 6.07) is 16.4. The quantitative estimate of drug-likeness (QED) is 0.464. The summed E-state index contributed by atoms with van der Waals surface area (Å²) in [4.78, 5) is 36.5. The summed E-state index contributed by atoms with van der Waals surface area (Å²) in [5.41, 5.74) is 4.38. The highest BCUT2D eigenvalue weighted by atomic mass is 16.5. The Morgan fingerprint density at radius 1 is 1.00 bits per heavy atom. The van der Waals surface area contributed by atoms with Gasteiger partial charge in [0.05, 0.1) is 5.92 Å². The summed E-state index contributed by atoms with van der Waals surface area (Å²) < 4.78 is 5.62. The van der Waals surface area contributed by atoms with Gasteiger partial charge in [-0.05, 0) is 46.4 Å². The van der Waals surface area contributed by atoms with E-state index in [0.29, 0.717) is 6.54 Å². The first-order valence-electron chi connectivity index (χ1n) is 12.4. The molecule has 2 aliphatic carbocycles. The van der Waals surface area contributed by atoms with Crippen molar-refractivity contribution < 1.29 is 24.2 Å². The molecule has 4 rings (SSSR count). The van der Waals surface area contributed by atoms with Crippen LogP contribution >= 0.6 is 0 Å². The van der Waals surface area contributed by atoms with Crippen molar-refractivity contribution in [3.8, 4) is 11.1 Å².